The molecule has 0 bridgehead atoms. The highest BCUT2D eigenvalue weighted by Gasteiger charge is 2.30. The van der Waals surface area contributed by atoms with Gasteiger partial charge in [-0.1, -0.05) is 19.1 Å². The van der Waals surface area contributed by atoms with Crippen molar-refractivity contribution in [3.63, 3.8) is 0 Å². The summed E-state index contributed by atoms with van der Waals surface area (Å²) in [7, 11) is 0. The van der Waals surface area contributed by atoms with Crippen molar-refractivity contribution in [1.29, 1.82) is 0 Å². The third-order valence-electron chi connectivity index (χ3n) is 2.07. The van der Waals surface area contributed by atoms with Crippen LogP contribution in [0.4, 0.5) is 13.2 Å². The van der Waals surface area contributed by atoms with Gasteiger partial charge in [0.05, 0.1) is 6.42 Å². The lowest BCUT2D eigenvalue weighted by molar-refractivity contribution is -0.138. The van der Waals surface area contributed by atoms with Gasteiger partial charge in [-0.05, 0) is 23.4 Å². The van der Waals surface area contributed by atoms with E-state index in [1.165, 1.54) is 0 Å². The van der Waals surface area contributed by atoms with E-state index in [1.54, 1.807) is 36.0 Å². The number of hydrogen-bond acceptors (Lipinski definition) is 2. The molecule has 90 valence electrons. The van der Waals surface area contributed by atoms with Crippen molar-refractivity contribution in [3.05, 3.63) is 29.8 Å². The summed E-state index contributed by atoms with van der Waals surface area (Å²) >= 11 is 1.65. The van der Waals surface area contributed by atoms with Crippen molar-refractivity contribution >= 4 is 11.8 Å². The number of alkyl halides is 3. The molecule has 0 saturated carbocycles. The molecule has 0 aliphatic carbocycles. The van der Waals surface area contributed by atoms with Crippen LogP contribution in [-0.4, -0.2) is 11.9 Å². The first-order chi connectivity index (χ1) is 7.42. The molecule has 16 heavy (non-hydrogen) atoms. The van der Waals surface area contributed by atoms with Crippen molar-refractivity contribution in [2.24, 2.45) is 5.73 Å². The van der Waals surface area contributed by atoms with Crippen molar-refractivity contribution in [2.75, 3.05) is 5.75 Å². The predicted molar refractivity (Wildman–Crippen MR) is 60.4 cm³/mol. The van der Waals surface area contributed by atoms with Gasteiger partial charge in [-0.2, -0.15) is 13.2 Å². The molecule has 1 atom stereocenters. The van der Waals surface area contributed by atoms with Crippen LogP contribution in [0.5, 0.6) is 0 Å². The largest absolute Gasteiger partial charge is 0.390 e. The molecule has 0 aromatic heterocycles. The lowest BCUT2D eigenvalue weighted by Crippen LogP contribution is -2.20. The van der Waals surface area contributed by atoms with Crippen LogP contribution in [0, 0.1) is 0 Å². The zero-order valence-electron chi connectivity index (χ0n) is 8.92. The Kier molecular flexibility index (Phi) is 4.68. The minimum atomic E-state index is -4.21. The molecule has 0 spiro atoms. The quantitative estimate of drug-likeness (QED) is 0.822. The highest BCUT2D eigenvalue weighted by Crippen LogP contribution is 2.28. The molecular formula is C11H14F3NS. The third-order valence-corrected chi connectivity index (χ3v) is 2.96. The average molecular weight is 249 g/mol. The van der Waals surface area contributed by atoms with Crippen molar-refractivity contribution in [3.8, 4) is 0 Å². The number of thioether (sulfide) groups is 1. The normalized spacial score (nSPS) is 13.8. The third kappa shape index (κ3) is 4.45. The maximum Gasteiger partial charge on any atom is 0.390 e. The molecule has 5 heteroatoms. The lowest BCUT2D eigenvalue weighted by atomic mass is 10.0. The predicted octanol–water partition coefficient (Wildman–Crippen LogP) is 3.75. The molecule has 0 fully saturated rings. The van der Waals surface area contributed by atoms with Gasteiger partial charge in [0.2, 0.25) is 0 Å². The Bertz CT molecular complexity index is 321. The molecule has 0 aliphatic rings. The second-order valence-electron chi connectivity index (χ2n) is 3.43. The zero-order chi connectivity index (χ0) is 12.2. The van der Waals surface area contributed by atoms with Crippen LogP contribution in [0.3, 0.4) is 0 Å². The summed E-state index contributed by atoms with van der Waals surface area (Å²) in [5.74, 6) is 0.938. The van der Waals surface area contributed by atoms with E-state index in [9.17, 15) is 13.2 Å². The standard InChI is InChI=1S/C11H14F3NS/c1-2-16-9-5-3-8(4-6-9)10(15)7-11(12,13)14/h3-6,10H,2,7,15H2,1H3/t10-/m1/s1. The molecule has 0 heterocycles. The summed E-state index contributed by atoms with van der Waals surface area (Å²) in [6, 6.07) is 5.96. The Balaban J connectivity index is 2.66. The van der Waals surface area contributed by atoms with Crippen LogP contribution in [-0.2, 0) is 0 Å². The first-order valence-electron chi connectivity index (χ1n) is 4.97. The van der Waals surface area contributed by atoms with Gasteiger partial charge in [-0.15, -0.1) is 11.8 Å². The first kappa shape index (κ1) is 13.4. The second-order valence-corrected chi connectivity index (χ2v) is 4.77. The van der Waals surface area contributed by atoms with Crippen LogP contribution >= 0.6 is 11.8 Å². The molecule has 0 amide bonds. The lowest BCUT2D eigenvalue weighted by Gasteiger charge is -2.14. The minimum absolute atomic E-state index is 0.526. The van der Waals surface area contributed by atoms with E-state index in [2.05, 4.69) is 0 Å². The van der Waals surface area contributed by atoms with E-state index in [0.717, 1.165) is 10.6 Å². The Labute approximate surface area is 97.2 Å². The molecule has 2 N–H and O–H groups in total. The number of rotatable bonds is 4. The highest BCUT2D eigenvalue weighted by molar-refractivity contribution is 7.99. The number of benzene rings is 1. The summed E-state index contributed by atoms with van der Waals surface area (Å²) in [6.07, 6.45) is -5.19. The Morgan fingerprint density at radius 3 is 2.25 bits per heavy atom. The first-order valence-corrected chi connectivity index (χ1v) is 5.96. The summed E-state index contributed by atoms with van der Waals surface area (Å²) < 4.78 is 36.3. The number of hydrogen-bond donors (Lipinski definition) is 1. The van der Waals surface area contributed by atoms with E-state index < -0.39 is 18.6 Å². The van der Waals surface area contributed by atoms with Gasteiger partial charge >= 0.3 is 6.18 Å². The SMILES string of the molecule is CCSc1ccc([C@H](N)CC(F)(F)F)cc1. The fourth-order valence-corrected chi connectivity index (χ4v) is 2.01. The molecule has 0 radical (unpaired) electrons. The molecular weight excluding hydrogens is 235 g/mol. The highest BCUT2D eigenvalue weighted by atomic mass is 32.2. The fraction of sp³-hybridized carbons (Fsp3) is 0.455. The molecule has 1 nitrogen and oxygen atoms in total. The molecule has 1 aromatic rings. The van der Waals surface area contributed by atoms with Crippen LogP contribution in [0.1, 0.15) is 24.9 Å². The maximum atomic E-state index is 12.1. The van der Waals surface area contributed by atoms with Crippen LogP contribution in [0.25, 0.3) is 0 Å². The average Bonchev–Trinajstić information content (AvgIpc) is 2.16. The Morgan fingerprint density at radius 2 is 1.81 bits per heavy atom. The molecule has 1 aromatic carbocycles. The zero-order valence-corrected chi connectivity index (χ0v) is 9.74. The Hall–Kier alpha value is -0.680. The van der Waals surface area contributed by atoms with Crippen molar-refractivity contribution in [2.45, 2.75) is 30.5 Å². The van der Waals surface area contributed by atoms with Gasteiger partial charge in [0, 0.05) is 10.9 Å². The van der Waals surface area contributed by atoms with E-state index in [0.29, 0.717) is 5.56 Å². The van der Waals surface area contributed by atoms with Gasteiger partial charge in [0.25, 0.3) is 0 Å². The van der Waals surface area contributed by atoms with Gasteiger partial charge in [-0.3, -0.25) is 0 Å². The van der Waals surface area contributed by atoms with E-state index in [1.807, 2.05) is 6.92 Å². The summed E-state index contributed by atoms with van der Waals surface area (Å²) in [4.78, 5) is 1.05. The van der Waals surface area contributed by atoms with Crippen LogP contribution in [0.15, 0.2) is 29.2 Å². The fourth-order valence-electron chi connectivity index (χ4n) is 1.35. The molecule has 0 aliphatic heterocycles. The van der Waals surface area contributed by atoms with Gasteiger partial charge in [0.1, 0.15) is 0 Å². The number of halogens is 3. The smallest absolute Gasteiger partial charge is 0.324 e. The summed E-state index contributed by atoms with van der Waals surface area (Å²) in [5, 5.41) is 0. The summed E-state index contributed by atoms with van der Waals surface area (Å²) in [6.45, 7) is 2.02. The van der Waals surface area contributed by atoms with Gasteiger partial charge in [0.15, 0.2) is 0 Å². The van der Waals surface area contributed by atoms with Crippen LogP contribution < -0.4 is 5.73 Å². The minimum Gasteiger partial charge on any atom is -0.324 e. The maximum absolute atomic E-state index is 12.1. The van der Waals surface area contributed by atoms with E-state index in [4.69, 9.17) is 5.73 Å². The molecule has 1 rings (SSSR count). The monoisotopic (exact) mass is 249 g/mol. The van der Waals surface area contributed by atoms with Crippen molar-refractivity contribution < 1.29 is 13.2 Å². The van der Waals surface area contributed by atoms with E-state index >= 15 is 0 Å². The summed E-state index contributed by atoms with van der Waals surface area (Å²) in [5.41, 5.74) is 6.00. The van der Waals surface area contributed by atoms with Crippen molar-refractivity contribution in [1.82, 2.24) is 0 Å². The number of nitrogens with two attached hydrogens (primary N) is 1. The topological polar surface area (TPSA) is 26.0 Å². The van der Waals surface area contributed by atoms with Gasteiger partial charge < -0.3 is 5.73 Å². The van der Waals surface area contributed by atoms with Gasteiger partial charge in [-0.25, -0.2) is 0 Å². The second kappa shape index (κ2) is 5.59. The Morgan fingerprint density at radius 1 is 1.25 bits per heavy atom. The van der Waals surface area contributed by atoms with E-state index in [-0.39, 0.29) is 0 Å². The molecule has 0 unspecified atom stereocenters. The van der Waals surface area contributed by atoms with Crippen LogP contribution in [0.2, 0.25) is 0 Å². The molecule has 0 saturated heterocycles.